The summed E-state index contributed by atoms with van der Waals surface area (Å²) >= 11 is 0. The highest BCUT2D eigenvalue weighted by molar-refractivity contribution is 5.80. The Morgan fingerprint density at radius 3 is 2.72 bits per heavy atom. The summed E-state index contributed by atoms with van der Waals surface area (Å²) in [7, 11) is 3.81. The van der Waals surface area contributed by atoms with Gasteiger partial charge in [-0.25, -0.2) is 9.97 Å². The molecule has 0 N–H and O–H groups in total. The van der Waals surface area contributed by atoms with Crippen LogP contribution in [0.1, 0.15) is 42.8 Å². The molecule has 3 heterocycles. The van der Waals surface area contributed by atoms with Crippen molar-refractivity contribution in [1.82, 2.24) is 20.0 Å². The van der Waals surface area contributed by atoms with Gasteiger partial charge in [0.1, 0.15) is 5.75 Å². The van der Waals surface area contributed by atoms with Crippen LogP contribution >= 0.6 is 0 Å². The van der Waals surface area contributed by atoms with Gasteiger partial charge in [0.15, 0.2) is 5.76 Å². The van der Waals surface area contributed by atoms with Crippen molar-refractivity contribution in [3.05, 3.63) is 53.5 Å². The lowest BCUT2D eigenvalue weighted by molar-refractivity contribution is -0.131. The summed E-state index contributed by atoms with van der Waals surface area (Å²) in [5.41, 5.74) is 3.34. The van der Waals surface area contributed by atoms with Crippen molar-refractivity contribution >= 4 is 11.9 Å². The number of aromatic nitrogens is 3. The first-order chi connectivity index (χ1) is 15.5. The van der Waals surface area contributed by atoms with E-state index in [0.29, 0.717) is 31.3 Å². The second kappa shape index (κ2) is 9.38. The van der Waals surface area contributed by atoms with Gasteiger partial charge in [0.25, 0.3) is 0 Å². The van der Waals surface area contributed by atoms with E-state index in [4.69, 9.17) is 14.2 Å². The summed E-state index contributed by atoms with van der Waals surface area (Å²) in [5.74, 6) is 2.12. The van der Waals surface area contributed by atoms with Crippen molar-refractivity contribution < 1.29 is 14.1 Å². The van der Waals surface area contributed by atoms with Crippen molar-refractivity contribution in [2.24, 2.45) is 0 Å². The summed E-state index contributed by atoms with van der Waals surface area (Å²) in [6.45, 7) is 5.16. The molecule has 0 unspecified atom stereocenters. The molecule has 2 aromatic heterocycles. The Kier molecular flexibility index (Phi) is 6.39. The maximum Gasteiger partial charge on any atom is 0.227 e. The van der Waals surface area contributed by atoms with E-state index >= 15 is 0 Å². The van der Waals surface area contributed by atoms with Crippen LogP contribution in [-0.4, -0.2) is 53.2 Å². The molecule has 3 aromatic rings. The van der Waals surface area contributed by atoms with Gasteiger partial charge in [-0.15, -0.1) is 0 Å². The zero-order chi connectivity index (χ0) is 22.7. The molecule has 1 amide bonds. The first kappa shape index (κ1) is 21.8. The maximum absolute atomic E-state index is 13.3. The quantitative estimate of drug-likeness (QED) is 0.558. The fourth-order valence-electron chi connectivity index (χ4n) is 4.03. The maximum atomic E-state index is 13.3. The molecule has 8 heteroatoms. The Hall–Kier alpha value is -3.42. The molecule has 32 heavy (non-hydrogen) atoms. The van der Waals surface area contributed by atoms with Crippen LogP contribution in [-0.2, 0) is 11.2 Å². The Morgan fingerprint density at radius 2 is 2.06 bits per heavy atom. The molecular weight excluding hydrogens is 406 g/mol. The van der Waals surface area contributed by atoms with E-state index in [9.17, 15) is 4.79 Å². The van der Waals surface area contributed by atoms with Crippen LogP contribution in [0.15, 0.2) is 41.1 Å². The Balaban J connectivity index is 1.62. The minimum Gasteiger partial charge on any atom is -0.494 e. The van der Waals surface area contributed by atoms with Crippen LogP contribution in [0.5, 0.6) is 5.75 Å². The van der Waals surface area contributed by atoms with Crippen molar-refractivity contribution in [3.8, 4) is 17.1 Å². The molecule has 1 fully saturated rings. The minimum atomic E-state index is -0.132. The Labute approximate surface area is 188 Å². The summed E-state index contributed by atoms with van der Waals surface area (Å²) in [6.07, 6.45) is 3.88. The molecule has 0 bridgehead atoms. The SMILES string of the molecule is CCOc1ccc(CC(=O)N2CCC[C@@H]2c2nc(N(C)C)ncc2-c2cc(C)no2)cc1. The van der Waals surface area contributed by atoms with Gasteiger partial charge in [0, 0.05) is 32.9 Å². The third-order valence-electron chi connectivity index (χ3n) is 5.58. The number of hydrogen-bond donors (Lipinski definition) is 0. The van der Waals surface area contributed by atoms with Crippen LogP contribution < -0.4 is 9.64 Å². The molecule has 1 aliphatic rings. The third-order valence-corrected chi connectivity index (χ3v) is 5.58. The molecule has 0 spiro atoms. The van der Waals surface area contributed by atoms with Gasteiger partial charge < -0.3 is 19.1 Å². The second-order valence-corrected chi connectivity index (χ2v) is 8.19. The van der Waals surface area contributed by atoms with Crippen LogP contribution in [0.2, 0.25) is 0 Å². The lowest BCUT2D eigenvalue weighted by atomic mass is 10.0. The number of amides is 1. The molecule has 1 aromatic carbocycles. The van der Waals surface area contributed by atoms with Gasteiger partial charge in [-0.2, -0.15) is 0 Å². The lowest BCUT2D eigenvalue weighted by Gasteiger charge is -2.26. The molecule has 4 rings (SSSR count). The van der Waals surface area contributed by atoms with E-state index in [1.165, 1.54) is 0 Å². The molecule has 8 nitrogen and oxygen atoms in total. The van der Waals surface area contributed by atoms with Gasteiger partial charge in [-0.05, 0) is 44.4 Å². The number of rotatable bonds is 7. The number of anilines is 1. The van der Waals surface area contributed by atoms with E-state index in [-0.39, 0.29) is 11.9 Å². The number of aryl methyl sites for hydroxylation is 1. The van der Waals surface area contributed by atoms with Crippen LogP contribution in [0.4, 0.5) is 5.95 Å². The van der Waals surface area contributed by atoms with E-state index in [2.05, 4.69) is 10.1 Å². The summed E-state index contributed by atoms with van der Waals surface area (Å²) < 4.78 is 11.0. The average Bonchev–Trinajstić information content (AvgIpc) is 3.44. The van der Waals surface area contributed by atoms with Gasteiger partial charge in [-0.3, -0.25) is 4.79 Å². The predicted molar refractivity (Wildman–Crippen MR) is 122 cm³/mol. The molecule has 0 radical (unpaired) electrons. The average molecular weight is 436 g/mol. The monoisotopic (exact) mass is 435 g/mol. The Bertz CT molecular complexity index is 1080. The van der Waals surface area contributed by atoms with Crippen molar-refractivity contribution in [1.29, 1.82) is 0 Å². The smallest absolute Gasteiger partial charge is 0.227 e. The highest BCUT2D eigenvalue weighted by atomic mass is 16.5. The standard InChI is InChI=1S/C24H29N5O3/c1-5-31-18-10-8-17(9-11-18)14-22(30)29-12-6-7-20(29)23-19(21-13-16(2)27-32-21)15-25-24(26-23)28(3)4/h8-11,13,15,20H,5-7,12,14H2,1-4H3/t20-/m1/s1. The molecule has 1 saturated heterocycles. The number of nitrogens with zero attached hydrogens (tertiary/aromatic N) is 5. The predicted octanol–water partition coefficient (Wildman–Crippen LogP) is 3.81. The van der Waals surface area contributed by atoms with Gasteiger partial charge in [0.05, 0.1) is 36.0 Å². The molecule has 1 aliphatic heterocycles. The van der Waals surface area contributed by atoms with Crippen LogP contribution in [0.3, 0.4) is 0 Å². The normalized spacial score (nSPS) is 15.8. The molecule has 0 saturated carbocycles. The summed E-state index contributed by atoms with van der Waals surface area (Å²) in [5, 5.41) is 4.02. The van der Waals surface area contributed by atoms with Crippen LogP contribution in [0.25, 0.3) is 11.3 Å². The van der Waals surface area contributed by atoms with Gasteiger partial charge >= 0.3 is 0 Å². The number of carbonyl (C=O) groups is 1. The molecular formula is C24H29N5O3. The number of hydrogen-bond acceptors (Lipinski definition) is 7. The number of likely N-dealkylation sites (tertiary alicyclic amines) is 1. The van der Waals surface area contributed by atoms with E-state index in [1.54, 1.807) is 6.20 Å². The fraction of sp³-hybridized carbons (Fsp3) is 0.417. The summed E-state index contributed by atoms with van der Waals surface area (Å²) in [4.78, 5) is 26.4. The number of carbonyl (C=O) groups excluding carboxylic acids is 1. The van der Waals surface area contributed by atoms with Gasteiger partial charge in [-0.1, -0.05) is 17.3 Å². The minimum absolute atomic E-state index is 0.0846. The highest BCUT2D eigenvalue weighted by Crippen LogP contribution is 2.37. The molecule has 168 valence electrons. The van der Waals surface area contributed by atoms with Crippen molar-refractivity contribution in [2.45, 2.75) is 39.2 Å². The molecule has 0 aliphatic carbocycles. The van der Waals surface area contributed by atoms with E-state index in [1.807, 2.05) is 68.1 Å². The molecule has 1 atom stereocenters. The Morgan fingerprint density at radius 1 is 1.28 bits per heavy atom. The van der Waals surface area contributed by atoms with Crippen LogP contribution in [0, 0.1) is 6.92 Å². The second-order valence-electron chi connectivity index (χ2n) is 8.19. The zero-order valence-electron chi connectivity index (χ0n) is 19.0. The van der Waals surface area contributed by atoms with E-state index < -0.39 is 0 Å². The fourth-order valence-corrected chi connectivity index (χ4v) is 4.03. The largest absolute Gasteiger partial charge is 0.494 e. The first-order valence-corrected chi connectivity index (χ1v) is 11.0. The lowest BCUT2D eigenvalue weighted by Crippen LogP contribution is -2.32. The number of benzene rings is 1. The number of ether oxygens (including phenoxy) is 1. The third kappa shape index (κ3) is 4.59. The van der Waals surface area contributed by atoms with E-state index in [0.717, 1.165) is 41.1 Å². The zero-order valence-corrected chi connectivity index (χ0v) is 19.0. The van der Waals surface area contributed by atoms with Crippen molar-refractivity contribution in [3.63, 3.8) is 0 Å². The topological polar surface area (TPSA) is 84.6 Å². The summed E-state index contributed by atoms with van der Waals surface area (Å²) in [6, 6.07) is 9.46. The first-order valence-electron chi connectivity index (χ1n) is 11.0. The van der Waals surface area contributed by atoms with Crippen molar-refractivity contribution in [2.75, 3.05) is 32.1 Å². The highest BCUT2D eigenvalue weighted by Gasteiger charge is 2.34. The van der Waals surface area contributed by atoms with Gasteiger partial charge in [0.2, 0.25) is 11.9 Å².